The van der Waals surface area contributed by atoms with Gasteiger partial charge in [0, 0.05) is 17.1 Å². The Morgan fingerprint density at radius 1 is 1.15 bits per heavy atom. The summed E-state index contributed by atoms with van der Waals surface area (Å²) >= 11 is 3.66. The Morgan fingerprint density at radius 3 is 2.75 bits per heavy atom. The summed E-state index contributed by atoms with van der Waals surface area (Å²) in [6.45, 7) is 3.32. The van der Waals surface area contributed by atoms with Crippen LogP contribution in [0.25, 0.3) is 0 Å². The molecule has 1 N–H and O–H groups in total. The molecule has 104 valence electrons. The Morgan fingerprint density at radius 2 is 1.95 bits per heavy atom. The molecule has 0 fully saturated rings. The van der Waals surface area contributed by atoms with Crippen molar-refractivity contribution in [3.63, 3.8) is 0 Å². The lowest BCUT2D eigenvalue weighted by atomic mass is 10.0. The Bertz CT molecular complexity index is 579. The lowest BCUT2D eigenvalue weighted by Crippen LogP contribution is -2.24. The molecule has 1 aliphatic carbocycles. The third-order valence-electron chi connectivity index (χ3n) is 4.25. The van der Waals surface area contributed by atoms with Gasteiger partial charge >= 0.3 is 0 Å². The number of hydrogen-bond donors (Lipinski definition) is 1. The van der Waals surface area contributed by atoms with Gasteiger partial charge in [0.2, 0.25) is 0 Å². The highest BCUT2D eigenvalue weighted by Gasteiger charge is 2.23. The van der Waals surface area contributed by atoms with Gasteiger partial charge in [-0.2, -0.15) is 0 Å². The van der Waals surface area contributed by atoms with Gasteiger partial charge in [-0.1, -0.05) is 65.3 Å². The van der Waals surface area contributed by atoms with Crippen LogP contribution in [0, 0.1) is 0 Å². The van der Waals surface area contributed by atoms with Crippen molar-refractivity contribution in [3.05, 3.63) is 69.7 Å². The van der Waals surface area contributed by atoms with Crippen LogP contribution in [0.5, 0.6) is 0 Å². The van der Waals surface area contributed by atoms with Crippen molar-refractivity contribution in [3.8, 4) is 0 Å². The lowest BCUT2D eigenvalue weighted by Gasteiger charge is -2.18. The first-order chi connectivity index (χ1) is 9.75. The molecule has 1 aliphatic rings. The number of hydrogen-bond acceptors (Lipinski definition) is 1. The molecule has 0 radical (unpaired) electrons. The van der Waals surface area contributed by atoms with Crippen LogP contribution in [0.15, 0.2) is 53.0 Å². The summed E-state index contributed by atoms with van der Waals surface area (Å²) in [6, 6.07) is 17.8. The van der Waals surface area contributed by atoms with E-state index in [0.717, 1.165) is 6.54 Å². The SMILES string of the molecule is CC(CNC1CCc2c(Br)cccc21)c1ccccc1. The molecule has 0 amide bonds. The fourth-order valence-electron chi connectivity index (χ4n) is 3.04. The van der Waals surface area contributed by atoms with Crippen LogP contribution in [-0.2, 0) is 6.42 Å². The summed E-state index contributed by atoms with van der Waals surface area (Å²) in [5.41, 5.74) is 4.37. The maximum Gasteiger partial charge on any atom is 0.0326 e. The zero-order valence-corrected chi connectivity index (χ0v) is 13.4. The molecule has 3 rings (SSSR count). The van der Waals surface area contributed by atoms with E-state index in [4.69, 9.17) is 0 Å². The molecule has 0 bridgehead atoms. The van der Waals surface area contributed by atoms with Gasteiger partial charge in [-0.25, -0.2) is 0 Å². The smallest absolute Gasteiger partial charge is 0.0326 e. The van der Waals surface area contributed by atoms with Crippen molar-refractivity contribution in [1.82, 2.24) is 5.32 Å². The molecular weight excluding hydrogens is 310 g/mol. The highest BCUT2D eigenvalue weighted by molar-refractivity contribution is 9.10. The number of nitrogens with one attached hydrogen (secondary N) is 1. The van der Waals surface area contributed by atoms with Crippen LogP contribution in [0.4, 0.5) is 0 Å². The Labute approximate surface area is 129 Å². The molecule has 2 aromatic rings. The van der Waals surface area contributed by atoms with E-state index in [-0.39, 0.29) is 0 Å². The first-order valence-corrected chi connectivity index (χ1v) is 8.10. The third-order valence-corrected chi connectivity index (χ3v) is 5.00. The normalized spacial score (nSPS) is 18.8. The van der Waals surface area contributed by atoms with E-state index in [1.807, 2.05) is 0 Å². The van der Waals surface area contributed by atoms with Crippen molar-refractivity contribution in [2.24, 2.45) is 0 Å². The van der Waals surface area contributed by atoms with E-state index in [1.54, 1.807) is 0 Å². The van der Waals surface area contributed by atoms with Crippen molar-refractivity contribution < 1.29 is 0 Å². The summed E-state index contributed by atoms with van der Waals surface area (Å²) in [7, 11) is 0. The standard InChI is InChI=1S/C18H20BrN/c1-13(14-6-3-2-4-7-14)12-20-18-11-10-15-16(18)8-5-9-17(15)19/h2-9,13,18,20H,10-12H2,1H3. The average molecular weight is 330 g/mol. The maximum atomic E-state index is 3.74. The fraction of sp³-hybridized carbons (Fsp3) is 0.333. The number of benzene rings is 2. The zero-order chi connectivity index (χ0) is 13.9. The van der Waals surface area contributed by atoms with Gasteiger partial charge in [0.05, 0.1) is 0 Å². The molecule has 1 nitrogen and oxygen atoms in total. The van der Waals surface area contributed by atoms with Gasteiger partial charge in [-0.3, -0.25) is 0 Å². The quantitative estimate of drug-likeness (QED) is 0.847. The lowest BCUT2D eigenvalue weighted by molar-refractivity contribution is 0.504. The van der Waals surface area contributed by atoms with E-state index in [9.17, 15) is 0 Å². The second-order valence-electron chi connectivity index (χ2n) is 5.62. The van der Waals surface area contributed by atoms with Crippen LogP contribution < -0.4 is 5.32 Å². The predicted molar refractivity (Wildman–Crippen MR) is 88.1 cm³/mol. The summed E-state index contributed by atoms with van der Waals surface area (Å²) in [5, 5.41) is 3.74. The van der Waals surface area contributed by atoms with Crippen molar-refractivity contribution in [2.75, 3.05) is 6.54 Å². The molecule has 0 spiro atoms. The van der Waals surface area contributed by atoms with Crippen molar-refractivity contribution in [1.29, 1.82) is 0 Å². The average Bonchev–Trinajstić information content (AvgIpc) is 2.90. The summed E-state index contributed by atoms with van der Waals surface area (Å²) in [5.74, 6) is 0.549. The summed E-state index contributed by atoms with van der Waals surface area (Å²) in [6.07, 6.45) is 2.38. The minimum atomic E-state index is 0.508. The van der Waals surface area contributed by atoms with Crippen LogP contribution in [0.2, 0.25) is 0 Å². The molecule has 0 heterocycles. The fourth-order valence-corrected chi connectivity index (χ4v) is 3.62. The minimum absolute atomic E-state index is 0.508. The van der Waals surface area contributed by atoms with E-state index in [0.29, 0.717) is 12.0 Å². The van der Waals surface area contributed by atoms with Crippen LogP contribution >= 0.6 is 15.9 Å². The summed E-state index contributed by atoms with van der Waals surface area (Å²) in [4.78, 5) is 0. The highest BCUT2D eigenvalue weighted by Crippen LogP contribution is 2.35. The molecule has 2 heteroatoms. The minimum Gasteiger partial charge on any atom is -0.309 e. The second-order valence-corrected chi connectivity index (χ2v) is 6.47. The van der Waals surface area contributed by atoms with Gasteiger partial charge < -0.3 is 5.32 Å². The molecule has 0 saturated heterocycles. The molecule has 2 atom stereocenters. The number of fused-ring (bicyclic) bond motifs is 1. The third kappa shape index (κ3) is 2.82. The van der Waals surface area contributed by atoms with Crippen LogP contribution in [0.1, 0.15) is 42.0 Å². The molecule has 20 heavy (non-hydrogen) atoms. The number of halogens is 1. The van der Waals surface area contributed by atoms with Crippen molar-refractivity contribution >= 4 is 15.9 Å². The Hall–Kier alpha value is -1.12. The number of rotatable bonds is 4. The van der Waals surface area contributed by atoms with Gasteiger partial charge in [-0.05, 0) is 41.5 Å². The molecule has 0 saturated carbocycles. The zero-order valence-electron chi connectivity index (χ0n) is 11.8. The van der Waals surface area contributed by atoms with E-state index < -0.39 is 0 Å². The van der Waals surface area contributed by atoms with Crippen molar-refractivity contribution in [2.45, 2.75) is 31.7 Å². The molecule has 2 unspecified atom stereocenters. The molecule has 0 aromatic heterocycles. The Balaban J connectivity index is 1.65. The monoisotopic (exact) mass is 329 g/mol. The Kier molecular flexibility index (Phi) is 4.23. The second kappa shape index (κ2) is 6.11. The molecular formula is C18H20BrN. The van der Waals surface area contributed by atoms with Gasteiger partial charge in [0.1, 0.15) is 0 Å². The van der Waals surface area contributed by atoms with E-state index in [1.165, 1.54) is 34.0 Å². The first-order valence-electron chi connectivity index (χ1n) is 7.31. The largest absolute Gasteiger partial charge is 0.309 e. The van der Waals surface area contributed by atoms with Gasteiger partial charge in [0.25, 0.3) is 0 Å². The van der Waals surface area contributed by atoms with Gasteiger partial charge in [0.15, 0.2) is 0 Å². The van der Waals surface area contributed by atoms with E-state index >= 15 is 0 Å². The van der Waals surface area contributed by atoms with Crippen LogP contribution in [-0.4, -0.2) is 6.54 Å². The molecule has 2 aromatic carbocycles. The summed E-state index contributed by atoms with van der Waals surface area (Å²) < 4.78 is 1.26. The maximum absolute atomic E-state index is 3.74. The highest BCUT2D eigenvalue weighted by atomic mass is 79.9. The van der Waals surface area contributed by atoms with Gasteiger partial charge in [-0.15, -0.1) is 0 Å². The van der Waals surface area contributed by atoms with Crippen LogP contribution in [0.3, 0.4) is 0 Å². The topological polar surface area (TPSA) is 12.0 Å². The predicted octanol–water partition coefficient (Wildman–Crippen LogP) is 4.83. The molecule has 0 aliphatic heterocycles. The van der Waals surface area contributed by atoms with E-state index in [2.05, 4.69) is 76.7 Å². The first kappa shape index (κ1) is 13.8.